The molecule has 0 radical (unpaired) electrons. The molecule has 3 N–H and O–H groups in total. The first-order valence-corrected chi connectivity index (χ1v) is 9.61. The van der Waals surface area contributed by atoms with E-state index in [0.29, 0.717) is 15.9 Å². The van der Waals surface area contributed by atoms with Crippen LogP contribution >= 0.6 is 11.3 Å². The summed E-state index contributed by atoms with van der Waals surface area (Å²) in [5.74, 6) is -1.11. The molecular formula is C20H17N5O3S. The third-order valence-corrected chi connectivity index (χ3v) is 5.58. The Morgan fingerprint density at radius 1 is 1.24 bits per heavy atom. The molecule has 0 saturated carbocycles. The zero-order chi connectivity index (χ0) is 20.7. The number of thiophene rings is 1. The van der Waals surface area contributed by atoms with Gasteiger partial charge in [0.15, 0.2) is 0 Å². The summed E-state index contributed by atoms with van der Waals surface area (Å²) in [4.78, 5) is 46.5. The van der Waals surface area contributed by atoms with Crippen LogP contribution in [-0.4, -0.2) is 26.3 Å². The number of anilines is 1. The van der Waals surface area contributed by atoms with E-state index in [2.05, 4.69) is 15.3 Å². The Morgan fingerprint density at radius 2 is 2.00 bits per heavy atom. The average molecular weight is 407 g/mol. The molecule has 0 unspecified atom stereocenters. The molecule has 0 atom stereocenters. The fraction of sp³-hybridized carbons (Fsp3) is 0.150. The van der Waals surface area contributed by atoms with Gasteiger partial charge in [-0.3, -0.25) is 19.0 Å². The number of carbonyl (C=O) groups excluding carboxylic acids is 2. The zero-order valence-corrected chi connectivity index (χ0v) is 16.5. The Bertz CT molecular complexity index is 1360. The van der Waals surface area contributed by atoms with Crippen LogP contribution in [0.4, 0.5) is 5.69 Å². The topological polar surface area (TPSA) is 120 Å². The van der Waals surface area contributed by atoms with Crippen molar-refractivity contribution in [2.75, 3.05) is 5.32 Å². The Hall–Kier alpha value is -3.59. The Balaban J connectivity index is 1.68. The smallest absolute Gasteiger partial charge is 0.271 e. The number of rotatable bonds is 4. The number of nitrogens with zero attached hydrogens (tertiary/aromatic N) is 3. The summed E-state index contributed by atoms with van der Waals surface area (Å²) in [7, 11) is 0. The third kappa shape index (κ3) is 3.36. The largest absolute Gasteiger partial charge is 0.366 e. The number of hydrogen-bond acceptors (Lipinski definition) is 6. The number of carbonyl (C=O) groups is 2. The molecule has 0 fully saturated rings. The number of nitrogens with one attached hydrogen (secondary N) is 1. The van der Waals surface area contributed by atoms with Crippen molar-refractivity contribution in [1.82, 2.24) is 14.5 Å². The maximum Gasteiger partial charge on any atom is 0.271 e. The normalized spacial score (nSPS) is 11.1. The summed E-state index contributed by atoms with van der Waals surface area (Å²) in [5.41, 5.74) is 7.98. The molecule has 0 aliphatic heterocycles. The third-order valence-electron chi connectivity index (χ3n) is 4.52. The highest BCUT2D eigenvalue weighted by Crippen LogP contribution is 2.31. The van der Waals surface area contributed by atoms with Crippen molar-refractivity contribution in [3.8, 4) is 0 Å². The van der Waals surface area contributed by atoms with Crippen LogP contribution in [0.3, 0.4) is 0 Å². The molecule has 3 heterocycles. The number of nitrogens with two attached hydrogens (primary N) is 1. The molecule has 146 valence electrons. The van der Waals surface area contributed by atoms with Crippen LogP contribution < -0.4 is 16.6 Å². The maximum atomic E-state index is 12.9. The van der Waals surface area contributed by atoms with E-state index in [1.165, 1.54) is 28.3 Å². The van der Waals surface area contributed by atoms with Crippen molar-refractivity contribution >= 4 is 49.3 Å². The van der Waals surface area contributed by atoms with Gasteiger partial charge in [0.1, 0.15) is 16.1 Å². The number of primary amides is 1. The first-order valence-electron chi connectivity index (χ1n) is 8.79. The lowest BCUT2D eigenvalue weighted by molar-refractivity contribution is -0.116. The molecule has 29 heavy (non-hydrogen) atoms. The number of pyridine rings is 1. The standard InChI is InChI=1S/C20H17N5O3S/c1-10-7-11(2)23-19-15(10)16-17(29-19)20(28)25(9-22-16)8-14(26)24-13-6-4-3-5-12(13)18(21)27/h3-7,9H,8H2,1-2H3,(H2,21,27)(H,24,26). The second kappa shape index (κ2) is 7.10. The van der Waals surface area contributed by atoms with Crippen molar-refractivity contribution in [2.45, 2.75) is 20.4 Å². The van der Waals surface area contributed by atoms with E-state index >= 15 is 0 Å². The van der Waals surface area contributed by atoms with Gasteiger partial charge in [0, 0.05) is 11.1 Å². The second-order valence-electron chi connectivity index (χ2n) is 6.68. The fourth-order valence-electron chi connectivity index (χ4n) is 3.27. The zero-order valence-electron chi connectivity index (χ0n) is 15.7. The van der Waals surface area contributed by atoms with Gasteiger partial charge in [-0.2, -0.15) is 0 Å². The molecule has 4 aromatic rings. The van der Waals surface area contributed by atoms with Gasteiger partial charge >= 0.3 is 0 Å². The van der Waals surface area contributed by atoms with E-state index in [1.54, 1.807) is 18.2 Å². The van der Waals surface area contributed by atoms with Gasteiger partial charge in [-0.15, -0.1) is 11.3 Å². The van der Waals surface area contributed by atoms with Crippen LogP contribution in [0.1, 0.15) is 21.6 Å². The Kier molecular flexibility index (Phi) is 4.59. The summed E-state index contributed by atoms with van der Waals surface area (Å²) >= 11 is 1.27. The predicted octanol–water partition coefficient (Wildman–Crippen LogP) is 2.36. The monoisotopic (exact) mass is 407 g/mol. The van der Waals surface area contributed by atoms with E-state index < -0.39 is 11.8 Å². The predicted molar refractivity (Wildman–Crippen MR) is 112 cm³/mol. The minimum Gasteiger partial charge on any atom is -0.366 e. The van der Waals surface area contributed by atoms with Gasteiger partial charge in [-0.1, -0.05) is 12.1 Å². The van der Waals surface area contributed by atoms with E-state index in [1.807, 2.05) is 19.9 Å². The van der Waals surface area contributed by atoms with Gasteiger partial charge in [0.2, 0.25) is 5.91 Å². The molecule has 8 nitrogen and oxygen atoms in total. The van der Waals surface area contributed by atoms with Gasteiger partial charge in [0.05, 0.1) is 23.1 Å². The Labute approximate surface area is 169 Å². The number of amides is 2. The number of hydrogen-bond donors (Lipinski definition) is 2. The van der Waals surface area contributed by atoms with Crippen molar-refractivity contribution in [3.63, 3.8) is 0 Å². The molecule has 0 spiro atoms. The van der Waals surface area contributed by atoms with Crippen molar-refractivity contribution in [2.24, 2.45) is 5.73 Å². The van der Waals surface area contributed by atoms with Crippen LogP contribution in [0.15, 0.2) is 41.5 Å². The summed E-state index contributed by atoms with van der Waals surface area (Å²) in [6.45, 7) is 3.62. The van der Waals surface area contributed by atoms with Gasteiger partial charge in [-0.25, -0.2) is 9.97 Å². The lowest BCUT2D eigenvalue weighted by Gasteiger charge is -2.09. The lowest BCUT2D eigenvalue weighted by Crippen LogP contribution is -2.28. The van der Waals surface area contributed by atoms with Crippen molar-refractivity contribution in [3.05, 3.63) is 63.8 Å². The summed E-state index contributed by atoms with van der Waals surface area (Å²) in [5, 5.41) is 3.48. The highest BCUT2D eigenvalue weighted by atomic mass is 32.1. The van der Waals surface area contributed by atoms with Gasteiger partial charge < -0.3 is 11.1 Å². The summed E-state index contributed by atoms with van der Waals surface area (Å²) in [6.07, 6.45) is 1.36. The number of fused-ring (bicyclic) bond motifs is 3. The fourth-order valence-corrected chi connectivity index (χ4v) is 4.46. The molecular weight excluding hydrogens is 390 g/mol. The second-order valence-corrected chi connectivity index (χ2v) is 7.68. The van der Waals surface area contributed by atoms with Crippen molar-refractivity contribution in [1.29, 1.82) is 0 Å². The van der Waals surface area contributed by atoms with Gasteiger partial charge in [0.25, 0.3) is 11.5 Å². The van der Waals surface area contributed by atoms with Crippen LogP contribution in [0.2, 0.25) is 0 Å². The average Bonchev–Trinajstić information content (AvgIpc) is 3.03. The number of aromatic nitrogens is 3. The highest BCUT2D eigenvalue weighted by molar-refractivity contribution is 7.25. The lowest BCUT2D eigenvalue weighted by atomic mass is 10.1. The van der Waals surface area contributed by atoms with E-state index in [-0.39, 0.29) is 17.7 Å². The molecule has 0 aliphatic rings. The van der Waals surface area contributed by atoms with E-state index in [9.17, 15) is 14.4 Å². The summed E-state index contributed by atoms with van der Waals surface area (Å²) < 4.78 is 1.69. The van der Waals surface area contributed by atoms with Crippen molar-refractivity contribution < 1.29 is 9.59 Å². The Morgan fingerprint density at radius 3 is 2.76 bits per heavy atom. The molecule has 3 aromatic heterocycles. The minimum atomic E-state index is -0.649. The first kappa shape index (κ1) is 18.8. The highest BCUT2D eigenvalue weighted by Gasteiger charge is 2.16. The van der Waals surface area contributed by atoms with E-state index in [4.69, 9.17) is 5.73 Å². The van der Waals surface area contributed by atoms with E-state index in [0.717, 1.165) is 21.5 Å². The number of aryl methyl sites for hydroxylation is 2. The van der Waals surface area contributed by atoms with Gasteiger partial charge in [-0.05, 0) is 37.6 Å². The molecule has 1 aromatic carbocycles. The first-order chi connectivity index (χ1) is 13.8. The molecule has 4 rings (SSSR count). The minimum absolute atomic E-state index is 0.197. The number of para-hydroxylation sites is 1. The van der Waals surface area contributed by atoms with Crippen LogP contribution in [0.25, 0.3) is 20.4 Å². The SMILES string of the molecule is Cc1cc(C)c2c(n1)sc1c(=O)n(CC(=O)Nc3ccccc3C(N)=O)cnc12. The van der Waals surface area contributed by atoms with Crippen LogP contribution in [0.5, 0.6) is 0 Å². The van der Waals surface area contributed by atoms with Crippen LogP contribution in [-0.2, 0) is 11.3 Å². The molecule has 0 bridgehead atoms. The number of benzene rings is 1. The molecule has 0 saturated heterocycles. The molecule has 2 amide bonds. The maximum absolute atomic E-state index is 12.9. The molecule has 0 aliphatic carbocycles. The molecule has 9 heteroatoms. The van der Waals surface area contributed by atoms with Crippen LogP contribution in [0, 0.1) is 13.8 Å². The summed E-state index contributed by atoms with van der Waals surface area (Å²) in [6, 6.07) is 8.37. The quantitative estimate of drug-likeness (QED) is 0.538.